The van der Waals surface area contributed by atoms with E-state index in [2.05, 4.69) is 22.0 Å². The highest BCUT2D eigenvalue weighted by Gasteiger charge is 2.33. The second kappa shape index (κ2) is 4.14. The van der Waals surface area contributed by atoms with Gasteiger partial charge in [0.05, 0.1) is 7.11 Å². The van der Waals surface area contributed by atoms with E-state index in [-0.39, 0.29) is 5.54 Å². The molecule has 1 aliphatic rings. The Balaban J connectivity index is 2.44. The normalized spacial score (nSPS) is 19.1. The predicted molar refractivity (Wildman–Crippen MR) is 65.0 cm³/mol. The molecular weight excluding hydrogens is 254 g/mol. The van der Waals surface area contributed by atoms with Gasteiger partial charge in [-0.1, -0.05) is 28.8 Å². The Morgan fingerprint density at radius 1 is 1.33 bits per heavy atom. The van der Waals surface area contributed by atoms with E-state index in [1.54, 1.807) is 7.11 Å². The Morgan fingerprint density at radius 3 is 2.60 bits per heavy atom. The largest absolute Gasteiger partial charge is 0.496 e. The van der Waals surface area contributed by atoms with E-state index < -0.39 is 0 Å². The van der Waals surface area contributed by atoms with Gasteiger partial charge in [0.1, 0.15) is 5.75 Å². The van der Waals surface area contributed by atoms with Crippen LogP contribution in [0.1, 0.15) is 31.2 Å². The number of benzene rings is 1. The number of rotatable bonds is 2. The molecule has 0 aromatic heterocycles. The van der Waals surface area contributed by atoms with Crippen LogP contribution >= 0.6 is 15.9 Å². The molecule has 2 N–H and O–H groups in total. The van der Waals surface area contributed by atoms with Crippen molar-refractivity contribution in [2.45, 2.75) is 31.2 Å². The Kier molecular flexibility index (Phi) is 3.03. The fourth-order valence-electron chi connectivity index (χ4n) is 2.34. The van der Waals surface area contributed by atoms with E-state index in [9.17, 15) is 0 Å². The summed E-state index contributed by atoms with van der Waals surface area (Å²) in [6.45, 7) is 0. The van der Waals surface area contributed by atoms with Gasteiger partial charge in [0.25, 0.3) is 0 Å². The lowest BCUT2D eigenvalue weighted by Gasteiger charge is -2.26. The molecule has 1 saturated carbocycles. The lowest BCUT2D eigenvalue weighted by atomic mass is 9.89. The van der Waals surface area contributed by atoms with Gasteiger partial charge in [-0.2, -0.15) is 0 Å². The standard InChI is InChI=1S/C12H16BrNO/c1-15-11-5-4-9(13)8-10(11)12(14)6-2-3-7-12/h4-5,8H,2-3,6-7,14H2,1H3. The van der Waals surface area contributed by atoms with Gasteiger partial charge in [-0.25, -0.2) is 0 Å². The van der Waals surface area contributed by atoms with E-state index >= 15 is 0 Å². The molecular formula is C12H16BrNO. The van der Waals surface area contributed by atoms with E-state index in [0.717, 1.165) is 28.6 Å². The Labute approximate surface area is 98.9 Å². The summed E-state index contributed by atoms with van der Waals surface area (Å²) < 4.78 is 6.44. The quantitative estimate of drug-likeness (QED) is 0.895. The first-order chi connectivity index (χ1) is 7.15. The van der Waals surface area contributed by atoms with Gasteiger partial charge in [-0.3, -0.25) is 0 Å². The molecule has 0 aliphatic heterocycles. The van der Waals surface area contributed by atoms with Gasteiger partial charge in [0.2, 0.25) is 0 Å². The highest BCUT2D eigenvalue weighted by atomic mass is 79.9. The van der Waals surface area contributed by atoms with Crippen molar-refractivity contribution in [2.24, 2.45) is 5.73 Å². The first-order valence-corrected chi connectivity index (χ1v) is 6.08. The number of hydrogen-bond donors (Lipinski definition) is 1. The van der Waals surface area contributed by atoms with Gasteiger partial charge >= 0.3 is 0 Å². The first kappa shape index (κ1) is 11.0. The number of methoxy groups -OCH3 is 1. The molecule has 0 amide bonds. The van der Waals surface area contributed by atoms with E-state index in [4.69, 9.17) is 10.5 Å². The highest BCUT2D eigenvalue weighted by molar-refractivity contribution is 9.10. The van der Waals surface area contributed by atoms with E-state index in [0.29, 0.717) is 0 Å². The zero-order valence-electron chi connectivity index (χ0n) is 8.92. The van der Waals surface area contributed by atoms with Crippen LogP contribution in [-0.2, 0) is 5.54 Å². The summed E-state index contributed by atoms with van der Waals surface area (Å²) in [5.41, 5.74) is 7.38. The molecule has 82 valence electrons. The maximum Gasteiger partial charge on any atom is 0.123 e. The third-order valence-electron chi connectivity index (χ3n) is 3.19. The molecule has 1 fully saturated rings. The van der Waals surface area contributed by atoms with Crippen LogP contribution in [0.15, 0.2) is 22.7 Å². The van der Waals surface area contributed by atoms with Crippen molar-refractivity contribution in [1.82, 2.24) is 0 Å². The predicted octanol–water partition coefficient (Wildman–Crippen LogP) is 3.19. The zero-order chi connectivity index (χ0) is 10.9. The molecule has 0 atom stereocenters. The summed E-state index contributed by atoms with van der Waals surface area (Å²) in [7, 11) is 1.70. The van der Waals surface area contributed by atoms with Crippen molar-refractivity contribution in [3.63, 3.8) is 0 Å². The molecule has 3 heteroatoms. The van der Waals surface area contributed by atoms with Gasteiger partial charge in [-0.05, 0) is 31.0 Å². The Hall–Kier alpha value is -0.540. The highest BCUT2D eigenvalue weighted by Crippen LogP contribution is 2.41. The van der Waals surface area contributed by atoms with Crippen LogP contribution < -0.4 is 10.5 Å². The maximum absolute atomic E-state index is 6.42. The molecule has 1 aliphatic carbocycles. The molecule has 0 bridgehead atoms. The van der Waals surface area contributed by atoms with Gasteiger partial charge in [0, 0.05) is 15.6 Å². The summed E-state index contributed by atoms with van der Waals surface area (Å²) in [4.78, 5) is 0. The summed E-state index contributed by atoms with van der Waals surface area (Å²) in [6.07, 6.45) is 4.54. The Bertz CT molecular complexity index is 359. The van der Waals surface area contributed by atoms with Crippen LogP contribution in [0.4, 0.5) is 0 Å². The topological polar surface area (TPSA) is 35.2 Å². The minimum atomic E-state index is -0.185. The van der Waals surface area contributed by atoms with Crippen LogP contribution in [0.5, 0.6) is 5.75 Å². The molecule has 15 heavy (non-hydrogen) atoms. The van der Waals surface area contributed by atoms with Crippen molar-refractivity contribution in [3.8, 4) is 5.75 Å². The van der Waals surface area contributed by atoms with Gasteiger partial charge in [-0.15, -0.1) is 0 Å². The number of nitrogens with two attached hydrogens (primary N) is 1. The number of ether oxygens (including phenoxy) is 1. The molecule has 0 heterocycles. The first-order valence-electron chi connectivity index (χ1n) is 5.29. The minimum absolute atomic E-state index is 0.185. The fraction of sp³-hybridized carbons (Fsp3) is 0.500. The average molecular weight is 270 g/mol. The zero-order valence-corrected chi connectivity index (χ0v) is 10.5. The molecule has 2 nitrogen and oxygen atoms in total. The SMILES string of the molecule is COc1ccc(Br)cc1C1(N)CCCC1. The maximum atomic E-state index is 6.42. The molecule has 1 aromatic carbocycles. The number of hydrogen-bond acceptors (Lipinski definition) is 2. The second-order valence-corrected chi connectivity index (χ2v) is 5.12. The second-order valence-electron chi connectivity index (χ2n) is 4.21. The van der Waals surface area contributed by atoms with E-state index in [1.165, 1.54) is 12.8 Å². The third kappa shape index (κ3) is 2.04. The van der Waals surface area contributed by atoms with Crippen LogP contribution in [0.25, 0.3) is 0 Å². The van der Waals surface area contributed by atoms with Gasteiger partial charge in [0.15, 0.2) is 0 Å². The fourth-order valence-corrected chi connectivity index (χ4v) is 2.71. The van der Waals surface area contributed by atoms with Crippen LogP contribution in [0.3, 0.4) is 0 Å². The minimum Gasteiger partial charge on any atom is -0.496 e. The smallest absolute Gasteiger partial charge is 0.123 e. The molecule has 0 saturated heterocycles. The summed E-state index contributed by atoms with van der Waals surface area (Å²) in [5, 5.41) is 0. The lowest BCUT2D eigenvalue weighted by molar-refractivity contribution is 0.379. The monoisotopic (exact) mass is 269 g/mol. The number of halogens is 1. The molecule has 1 aromatic rings. The van der Waals surface area contributed by atoms with Crippen molar-refractivity contribution < 1.29 is 4.74 Å². The molecule has 0 unspecified atom stereocenters. The van der Waals surface area contributed by atoms with Crippen molar-refractivity contribution in [3.05, 3.63) is 28.2 Å². The molecule has 0 spiro atoms. The summed E-state index contributed by atoms with van der Waals surface area (Å²) in [6, 6.07) is 6.05. The van der Waals surface area contributed by atoms with Gasteiger partial charge < -0.3 is 10.5 Å². The Morgan fingerprint density at radius 2 is 2.00 bits per heavy atom. The van der Waals surface area contributed by atoms with Crippen LogP contribution in [0.2, 0.25) is 0 Å². The molecule has 0 radical (unpaired) electrons. The molecule has 2 rings (SSSR count). The summed E-state index contributed by atoms with van der Waals surface area (Å²) in [5.74, 6) is 0.905. The van der Waals surface area contributed by atoms with Crippen molar-refractivity contribution in [2.75, 3.05) is 7.11 Å². The van der Waals surface area contributed by atoms with Crippen LogP contribution in [-0.4, -0.2) is 7.11 Å². The third-order valence-corrected chi connectivity index (χ3v) is 3.69. The van der Waals surface area contributed by atoms with Crippen LogP contribution in [0, 0.1) is 0 Å². The van der Waals surface area contributed by atoms with E-state index in [1.807, 2.05) is 12.1 Å². The average Bonchev–Trinajstić information content (AvgIpc) is 2.66. The van der Waals surface area contributed by atoms with Crippen molar-refractivity contribution in [1.29, 1.82) is 0 Å². The summed E-state index contributed by atoms with van der Waals surface area (Å²) >= 11 is 3.49. The van der Waals surface area contributed by atoms with Crippen molar-refractivity contribution >= 4 is 15.9 Å². The lowest BCUT2D eigenvalue weighted by Crippen LogP contribution is -2.33.